The van der Waals surface area contributed by atoms with Crippen molar-refractivity contribution in [2.75, 3.05) is 32.7 Å². The van der Waals surface area contributed by atoms with Crippen LogP contribution in [0.25, 0.3) is 0 Å². The summed E-state index contributed by atoms with van der Waals surface area (Å²) in [6.07, 6.45) is 1.78. The molecule has 0 aromatic heterocycles. The van der Waals surface area contributed by atoms with Crippen LogP contribution in [-0.2, 0) is 4.74 Å². The Kier molecular flexibility index (Phi) is 6.72. The van der Waals surface area contributed by atoms with Crippen LogP contribution in [0.1, 0.15) is 18.4 Å². The number of nitriles is 1. The standard InChI is InChI=1S/C14H21N3O2/c1-18-10-12(6-4-8-15)17-14-11(9-16)5-3-7-13(14)19-2/h3,5,7,12,17H,4,6,8,10,15H2,1-2H3. The van der Waals surface area contributed by atoms with E-state index in [1.54, 1.807) is 26.4 Å². The number of rotatable bonds is 8. The number of ether oxygens (including phenoxy) is 2. The molecule has 1 aromatic carbocycles. The Morgan fingerprint density at radius 2 is 2.21 bits per heavy atom. The number of nitrogens with zero attached hydrogens (tertiary/aromatic N) is 1. The fraction of sp³-hybridized carbons (Fsp3) is 0.500. The fourth-order valence-corrected chi connectivity index (χ4v) is 1.91. The molecule has 1 unspecified atom stereocenters. The third-order valence-corrected chi connectivity index (χ3v) is 2.84. The highest BCUT2D eigenvalue weighted by Gasteiger charge is 2.14. The van der Waals surface area contributed by atoms with E-state index in [0.29, 0.717) is 30.2 Å². The van der Waals surface area contributed by atoms with Crippen LogP contribution >= 0.6 is 0 Å². The van der Waals surface area contributed by atoms with E-state index in [2.05, 4.69) is 11.4 Å². The Morgan fingerprint density at radius 1 is 1.42 bits per heavy atom. The highest BCUT2D eigenvalue weighted by molar-refractivity contribution is 5.66. The summed E-state index contributed by atoms with van der Waals surface area (Å²) in [6.45, 7) is 1.20. The van der Waals surface area contributed by atoms with Crippen LogP contribution in [-0.4, -0.2) is 33.4 Å². The molecule has 1 aromatic rings. The van der Waals surface area contributed by atoms with Crippen molar-refractivity contribution in [1.82, 2.24) is 0 Å². The van der Waals surface area contributed by atoms with Gasteiger partial charge in [0.15, 0.2) is 0 Å². The Morgan fingerprint density at radius 3 is 2.79 bits per heavy atom. The van der Waals surface area contributed by atoms with Crippen LogP contribution in [0.2, 0.25) is 0 Å². The largest absolute Gasteiger partial charge is 0.495 e. The second-order valence-corrected chi connectivity index (χ2v) is 4.22. The first-order valence-electron chi connectivity index (χ1n) is 6.29. The molecule has 0 aliphatic heterocycles. The van der Waals surface area contributed by atoms with Gasteiger partial charge in [-0.2, -0.15) is 5.26 Å². The Hall–Kier alpha value is -1.77. The average Bonchev–Trinajstić information content (AvgIpc) is 2.45. The maximum Gasteiger partial charge on any atom is 0.143 e. The SMILES string of the molecule is COCC(CCCN)Nc1c(C#N)cccc1OC. The predicted octanol–water partition coefficient (Wildman–Crippen LogP) is 1.73. The number of benzene rings is 1. The Bertz CT molecular complexity index is 429. The van der Waals surface area contributed by atoms with E-state index in [1.165, 1.54) is 0 Å². The zero-order valence-corrected chi connectivity index (χ0v) is 11.5. The molecule has 0 aliphatic rings. The van der Waals surface area contributed by atoms with Crippen LogP contribution in [0.3, 0.4) is 0 Å². The van der Waals surface area contributed by atoms with Crippen LogP contribution in [0.4, 0.5) is 5.69 Å². The molecular weight excluding hydrogens is 242 g/mol. The van der Waals surface area contributed by atoms with E-state index in [-0.39, 0.29) is 6.04 Å². The minimum absolute atomic E-state index is 0.108. The maximum atomic E-state index is 9.16. The molecule has 0 fully saturated rings. The summed E-state index contributed by atoms with van der Waals surface area (Å²) in [6, 6.07) is 7.66. The topological polar surface area (TPSA) is 80.3 Å². The molecule has 0 aliphatic carbocycles. The van der Waals surface area contributed by atoms with Crippen molar-refractivity contribution in [3.63, 3.8) is 0 Å². The van der Waals surface area contributed by atoms with Gasteiger partial charge in [-0.25, -0.2) is 0 Å². The first kappa shape index (κ1) is 15.3. The van der Waals surface area contributed by atoms with Gasteiger partial charge in [-0.1, -0.05) is 6.07 Å². The first-order valence-corrected chi connectivity index (χ1v) is 6.29. The molecule has 0 heterocycles. The molecule has 19 heavy (non-hydrogen) atoms. The van der Waals surface area contributed by atoms with Crippen molar-refractivity contribution in [3.05, 3.63) is 23.8 Å². The van der Waals surface area contributed by atoms with Crippen LogP contribution in [0.5, 0.6) is 5.75 Å². The summed E-state index contributed by atoms with van der Waals surface area (Å²) in [5.74, 6) is 0.660. The van der Waals surface area contributed by atoms with Gasteiger partial charge in [0.1, 0.15) is 11.8 Å². The molecule has 3 N–H and O–H groups in total. The van der Waals surface area contributed by atoms with Crippen molar-refractivity contribution in [3.8, 4) is 11.8 Å². The first-order chi connectivity index (χ1) is 9.26. The molecule has 0 saturated carbocycles. The molecule has 0 saturated heterocycles. The zero-order valence-electron chi connectivity index (χ0n) is 11.5. The predicted molar refractivity (Wildman–Crippen MR) is 75.3 cm³/mol. The molecule has 0 amide bonds. The number of nitrogens with two attached hydrogens (primary N) is 1. The van der Waals surface area contributed by atoms with E-state index in [9.17, 15) is 0 Å². The number of hydrogen-bond acceptors (Lipinski definition) is 5. The molecule has 104 valence electrons. The maximum absolute atomic E-state index is 9.16. The van der Waals surface area contributed by atoms with Crippen molar-refractivity contribution in [1.29, 1.82) is 5.26 Å². The van der Waals surface area contributed by atoms with E-state index in [1.807, 2.05) is 6.07 Å². The van der Waals surface area contributed by atoms with E-state index >= 15 is 0 Å². The van der Waals surface area contributed by atoms with Gasteiger partial charge in [-0.05, 0) is 31.5 Å². The number of para-hydroxylation sites is 1. The number of anilines is 1. The van der Waals surface area contributed by atoms with Crippen LogP contribution < -0.4 is 15.8 Å². The Balaban J connectivity index is 2.90. The minimum atomic E-state index is 0.108. The quantitative estimate of drug-likeness (QED) is 0.746. The fourth-order valence-electron chi connectivity index (χ4n) is 1.91. The van der Waals surface area contributed by atoms with E-state index < -0.39 is 0 Å². The van der Waals surface area contributed by atoms with Gasteiger partial charge in [0.25, 0.3) is 0 Å². The molecule has 1 atom stereocenters. The summed E-state index contributed by atoms with van der Waals surface area (Å²) in [4.78, 5) is 0. The normalized spacial score (nSPS) is 11.7. The molecule has 0 spiro atoms. The van der Waals surface area contributed by atoms with Gasteiger partial charge < -0.3 is 20.5 Å². The Labute approximate surface area is 114 Å². The van der Waals surface area contributed by atoms with Gasteiger partial charge in [0, 0.05) is 13.2 Å². The molecule has 5 nitrogen and oxygen atoms in total. The highest BCUT2D eigenvalue weighted by Crippen LogP contribution is 2.29. The van der Waals surface area contributed by atoms with Gasteiger partial charge in [-0.15, -0.1) is 0 Å². The summed E-state index contributed by atoms with van der Waals surface area (Å²) < 4.78 is 10.5. The smallest absolute Gasteiger partial charge is 0.143 e. The van der Waals surface area contributed by atoms with Crippen molar-refractivity contribution < 1.29 is 9.47 Å². The number of hydrogen-bond donors (Lipinski definition) is 2. The second kappa shape index (κ2) is 8.35. The van der Waals surface area contributed by atoms with Crippen LogP contribution in [0.15, 0.2) is 18.2 Å². The summed E-state index contributed by atoms with van der Waals surface area (Å²) in [7, 11) is 3.25. The van der Waals surface area contributed by atoms with Gasteiger partial charge >= 0.3 is 0 Å². The molecule has 0 bridgehead atoms. The van der Waals surface area contributed by atoms with E-state index in [0.717, 1.165) is 12.8 Å². The summed E-state index contributed by atoms with van der Waals surface area (Å²) in [5.41, 5.74) is 6.81. The second-order valence-electron chi connectivity index (χ2n) is 4.22. The van der Waals surface area contributed by atoms with Crippen LogP contribution in [0, 0.1) is 11.3 Å². The van der Waals surface area contributed by atoms with E-state index in [4.69, 9.17) is 20.5 Å². The molecular formula is C14H21N3O2. The molecule has 5 heteroatoms. The lowest BCUT2D eigenvalue weighted by Crippen LogP contribution is -2.26. The lowest BCUT2D eigenvalue weighted by molar-refractivity contribution is 0.182. The minimum Gasteiger partial charge on any atom is -0.495 e. The monoisotopic (exact) mass is 263 g/mol. The third-order valence-electron chi connectivity index (χ3n) is 2.84. The van der Waals surface area contributed by atoms with Crippen molar-refractivity contribution in [2.45, 2.75) is 18.9 Å². The lowest BCUT2D eigenvalue weighted by Gasteiger charge is -2.21. The van der Waals surface area contributed by atoms with Gasteiger partial charge in [0.2, 0.25) is 0 Å². The number of nitrogens with one attached hydrogen (secondary N) is 1. The zero-order chi connectivity index (χ0) is 14.1. The summed E-state index contributed by atoms with van der Waals surface area (Å²) in [5, 5.41) is 12.5. The molecule has 0 radical (unpaired) electrons. The van der Waals surface area contributed by atoms with Crippen molar-refractivity contribution >= 4 is 5.69 Å². The average molecular weight is 263 g/mol. The van der Waals surface area contributed by atoms with Gasteiger partial charge in [0.05, 0.1) is 25.0 Å². The lowest BCUT2D eigenvalue weighted by atomic mass is 10.1. The van der Waals surface area contributed by atoms with Crippen molar-refractivity contribution in [2.24, 2.45) is 5.73 Å². The van der Waals surface area contributed by atoms with Gasteiger partial charge in [-0.3, -0.25) is 0 Å². The third kappa shape index (κ3) is 4.43. The highest BCUT2D eigenvalue weighted by atomic mass is 16.5. The number of methoxy groups -OCH3 is 2. The molecule has 1 rings (SSSR count). The summed E-state index contributed by atoms with van der Waals surface area (Å²) >= 11 is 0.